The van der Waals surface area contributed by atoms with E-state index in [9.17, 15) is 19.5 Å². The summed E-state index contributed by atoms with van der Waals surface area (Å²) < 4.78 is 10.4. The highest BCUT2D eigenvalue weighted by atomic mass is 32.2. The van der Waals surface area contributed by atoms with Crippen molar-refractivity contribution in [1.82, 2.24) is 0 Å². The molecule has 1 aliphatic heterocycles. The van der Waals surface area contributed by atoms with Gasteiger partial charge in [0.05, 0.1) is 11.3 Å². The molecule has 1 amide bonds. The smallest absolute Gasteiger partial charge is 0.338 e. The third kappa shape index (κ3) is 3.72. The minimum Gasteiger partial charge on any atom is -0.508 e. The van der Waals surface area contributed by atoms with Crippen molar-refractivity contribution in [3.63, 3.8) is 0 Å². The molecule has 7 nitrogen and oxygen atoms in total. The van der Waals surface area contributed by atoms with Crippen molar-refractivity contribution in [2.75, 3.05) is 11.1 Å². The number of fused-ring (bicyclic) bond motifs is 2. The maximum Gasteiger partial charge on any atom is 0.338 e. The van der Waals surface area contributed by atoms with Crippen LogP contribution in [0.3, 0.4) is 0 Å². The van der Waals surface area contributed by atoms with Crippen LogP contribution in [0.1, 0.15) is 22.3 Å². The van der Waals surface area contributed by atoms with E-state index in [-0.39, 0.29) is 23.8 Å². The number of carbonyl (C=O) groups excluding carboxylic acids is 2. The molecule has 2 heterocycles. The Morgan fingerprint density at radius 3 is 2.89 bits per heavy atom. The number of phenolic OH excluding ortho intramolecular Hbond substituents is 1. The zero-order valence-electron chi connectivity index (χ0n) is 14.6. The van der Waals surface area contributed by atoms with E-state index in [0.29, 0.717) is 34.4 Å². The minimum absolute atomic E-state index is 0.0327. The monoisotopic (exact) mass is 397 g/mol. The topological polar surface area (TPSA) is 106 Å². The molecule has 142 valence electrons. The molecule has 4 rings (SSSR count). The predicted molar refractivity (Wildman–Crippen MR) is 104 cm³/mol. The summed E-state index contributed by atoms with van der Waals surface area (Å²) in [6.07, 6.45) is 0.415. The average molecular weight is 397 g/mol. The Kier molecular flexibility index (Phi) is 4.79. The van der Waals surface area contributed by atoms with E-state index in [0.717, 1.165) is 4.90 Å². The van der Waals surface area contributed by atoms with E-state index in [4.69, 9.17) is 9.15 Å². The molecule has 8 heteroatoms. The number of benzene rings is 2. The third-order valence-corrected chi connectivity index (χ3v) is 5.32. The van der Waals surface area contributed by atoms with Crippen molar-refractivity contribution >= 4 is 40.3 Å². The summed E-state index contributed by atoms with van der Waals surface area (Å²) in [5.41, 5.74) is 0.963. The summed E-state index contributed by atoms with van der Waals surface area (Å²) in [6.45, 7) is -0.135. The van der Waals surface area contributed by atoms with Crippen molar-refractivity contribution in [2.45, 2.75) is 17.9 Å². The summed E-state index contributed by atoms with van der Waals surface area (Å²) in [6, 6.07) is 10.6. The van der Waals surface area contributed by atoms with Crippen LogP contribution in [-0.2, 0) is 16.1 Å². The van der Waals surface area contributed by atoms with Crippen LogP contribution in [-0.4, -0.2) is 22.7 Å². The Morgan fingerprint density at radius 1 is 1.18 bits per heavy atom. The van der Waals surface area contributed by atoms with E-state index in [1.54, 1.807) is 36.0 Å². The first kappa shape index (κ1) is 18.1. The van der Waals surface area contributed by atoms with E-state index in [1.807, 2.05) is 0 Å². The van der Waals surface area contributed by atoms with E-state index < -0.39 is 11.6 Å². The third-order valence-electron chi connectivity index (χ3n) is 4.25. The maximum absolute atomic E-state index is 12.5. The van der Waals surface area contributed by atoms with Gasteiger partial charge in [0.2, 0.25) is 5.91 Å². The van der Waals surface area contributed by atoms with E-state index in [2.05, 4.69) is 5.32 Å². The second kappa shape index (κ2) is 7.40. The summed E-state index contributed by atoms with van der Waals surface area (Å²) in [4.78, 5) is 36.8. The zero-order valence-corrected chi connectivity index (χ0v) is 15.4. The van der Waals surface area contributed by atoms with Gasteiger partial charge in [-0.2, -0.15) is 0 Å². The number of esters is 1. The molecule has 1 aromatic heterocycles. The van der Waals surface area contributed by atoms with Gasteiger partial charge in [0.25, 0.3) is 0 Å². The fourth-order valence-corrected chi connectivity index (χ4v) is 3.85. The standard InChI is InChI=1S/C20H15NO6S/c22-13-2-3-14-12(8-19(24)27-16(14)9-13)10-26-20(25)11-1-4-17-15(7-11)21-18(23)5-6-28-17/h1-4,7-9,22H,5-6,10H2,(H,21,23). The molecule has 1 aliphatic rings. The molecule has 2 N–H and O–H groups in total. The Labute approximate surface area is 163 Å². The Hall–Kier alpha value is -3.26. The van der Waals surface area contributed by atoms with Gasteiger partial charge < -0.3 is 19.6 Å². The van der Waals surface area contributed by atoms with Crippen LogP contribution >= 0.6 is 11.8 Å². The lowest BCUT2D eigenvalue weighted by molar-refractivity contribution is -0.115. The molecular formula is C20H15NO6S. The lowest BCUT2D eigenvalue weighted by Crippen LogP contribution is -2.12. The number of amides is 1. The number of phenols is 1. The molecule has 2 aromatic carbocycles. The quantitative estimate of drug-likeness (QED) is 0.516. The summed E-state index contributed by atoms with van der Waals surface area (Å²) in [5.74, 6) is -0.0226. The molecule has 0 unspecified atom stereocenters. The second-order valence-corrected chi connectivity index (χ2v) is 7.34. The van der Waals surface area contributed by atoms with Gasteiger partial charge >= 0.3 is 11.6 Å². The van der Waals surface area contributed by atoms with E-state index >= 15 is 0 Å². The lowest BCUT2D eigenvalue weighted by atomic mass is 10.1. The van der Waals surface area contributed by atoms with Crippen LogP contribution in [0.5, 0.6) is 5.75 Å². The number of rotatable bonds is 3. The number of carbonyl (C=O) groups is 2. The summed E-state index contributed by atoms with van der Waals surface area (Å²) >= 11 is 1.55. The van der Waals surface area contributed by atoms with Gasteiger partial charge in [-0.05, 0) is 30.3 Å². The van der Waals surface area contributed by atoms with Gasteiger partial charge in [-0.25, -0.2) is 9.59 Å². The van der Waals surface area contributed by atoms with Gasteiger partial charge in [-0.15, -0.1) is 11.8 Å². The van der Waals surface area contributed by atoms with Gasteiger partial charge in [-0.1, -0.05) is 0 Å². The van der Waals surface area contributed by atoms with Crippen molar-refractivity contribution in [1.29, 1.82) is 0 Å². The molecule has 0 atom stereocenters. The van der Waals surface area contributed by atoms with Crippen LogP contribution in [0.25, 0.3) is 11.0 Å². The largest absolute Gasteiger partial charge is 0.508 e. The van der Waals surface area contributed by atoms with Gasteiger partial charge in [-0.3, -0.25) is 4.79 Å². The van der Waals surface area contributed by atoms with Crippen LogP contribution in [0.15, 0.2) is 56.6 Å². The van der Waals surface area contributed by atoms with Gasteiger partial charge in [0.15, 0.2) is 0 Å². The highest BCUT2D eigenvalue weighted by molar-refractivity contribution is 7.99. The average Bonchev–Trinajstić information content (AvgIpc) is 2.85. The highest BCUT2D eigenvalue weighted by Crippen LogP contribution is 2.31. The van der Waals surface area contributed by atoms with Crippen LogP contribution in [0.4, 0.5) is 5.69 Å². The Morgan fingerprint density at radius 2 is 2.04 bits per heavy atom. The predicted octanol–water partition coefficient (Wildman–Crippen LogP) is 3.29. The molecule has 0 saturated carbocycles. The Bertz CT molecular complexity index is 1150. The first-order chi connectivity index (χ1) is 13.5. The normalized spacial score (nSPS) is 13.5. The van der Waals surface area contributed by atoms with E-state index in [1.165, 1.54) is 18.2 Å². The van der Waals surface area contributed by atoms with Gasteiger partial charge in [0, 0.05) is 40.2 Å². The number of nitrogens with one attached hydrogen (secondary N) is 1. The van der Waals surface area contributed by atoms with Crippen LogP contribution in [0, 0.1) is 0 Å². The second-order valence-electron chi connectivity index (χ2n) is 6.20. The number of hydrogen-bond acceptors (Lipinski definition) is 7. The molecule has 0 radical (unpaired) electrons. The van der Waals surface area contributed by atoms with Gasteiger partial charge in [0.1, 0.15) is 17.9 Å². The maximum atomic E-state index is 12.5. The molecule has 28 heavy (non-hydrogen) atoms. The first-order valence-corrected chi connectivity index (χ1v) is 9.48. The highest BCUT2D eigenvalue weighted by Gasteiger charge is 2.17. The van der Waals surface area contributed by atoms with Crippen LogP contribution in [0.2, 0.25) is 0 Å². The molecule has 0 fully saturated rings. The molecule has 3 aromatic rings. The number of thioether (sulfide) groups is 1. The number of hydrogen-bond donors (Lipinski definition) is 2. The number of ether oxygens (including phenoxy) is 1. The zero-order chi connectivity index (χ0) is 19.7. The summed E-state index contributed by atoms with van der Waals surface area (Å²) in [7, 11) is 0. The van der Waals surface area contributed by atoms with Crippen molar-refractivity contribution in [2.24, 2.45) is 0 Å². The van der Waals surface area contributed by atoms with Crippen molar-refractivity contribution in [3.8, 4) is 5.75 Å². The first-order valence-electron chi connectivity index (χ1n) is 8.49. The molecule has 0 saturated heterocycles. The number of anilines is 1. The molecule has 0 aliphatic carbocycles. The fourth-order valence-electron chi connectivity index (χ4n) is 2.91. The lowest BCUT2D eigenvalue weighted by Gasteiger charge is -2.10. The van der Waals surface area contributed by atoms with Crippen molar-refractivity contribution in [3.05, 3.63) is 64.0 Å². The van der Waals surface area contributed by atoms with Crippen molar-refractivity contribution < 1.29 is 23.8 Å². The Balaban J connectivity index is 1.56. The fraction of sp³-hybridized carbons (Fsp3) is 0.150. The molecular weight excluding hydrogens is 382 g/mol. The number of aromatic hydroxyl groups is 1. The minimum atomic E-state index is -0.603. The molecule has 0 spiro atoms. The van der Waals surface area contributed by atoms with Crippen LogP contribution < -0.4 is 10.9 Å². The summed E-state index contributed by atoms with van der Waals surface area (Å²) in [5, 5.41) is 12.9. The molecule has 0 bridgehead atoms. The SMILES string of the molecule is O=C1CCSc2ccc(C(=O)OCc3cc(=O)oc4cc(O)ccc34)cc2N1.